The van der Waals surface area contributed by atoms with E-state index in [4.69, 9.17) is 5.73 Å². The maximum atomic E-state index is 13.6. The quantitative estimate of drug-likeness (QED) is 0.827. The van der Waals surface area contributed by atoms with Gasteiger partial charge in [0.1, 0.15) is 5.82 Å². The van der Waals surface area contributed by atoms with Crippen LogP contribution >= 0.6 is 11.8 Å². The molecule has 1 aliphatic carbocycles. The van der Waals surface area contributed by atoms with Gasteiger partial charge in [-0.3, -0.25) is 0 Å². The molecule has 4 heteroatoms. The summed E-state index contributed by atoms with van der Waals surface area (Å²) in [5.41, 5.74) is 5.86. The lowest BCUT2D eigenvalue weighted by Crippen LogP contribution is -2.11. The van der Waals surface area contributed by atoms with Gasteiger partial charge in [0.2, 0.25) is 0 Å². The lowest BCUT2D eigenvalue weighted by Gasteiger charge is -2.09. The van der Waals surface area contributed by atoms with Gasteiger partial charge in [0.15, 0.2) is 0 Å². The average Bonchev–Trinajstić information content (AvgIpc) is 3.04. The second kappa shape index (κ2) is 4.51. The van der Waals surface area contributed by atoms with Crippen molar-refractivity contribution < 1.29 is 9.50 Å². The Hall–Kier alpha value is -0.580. The molecule has 82 valence electrons. The Morgan fingerprint density at radius 3 is 2.80 bits per heavy atom. The lowest BCUT2D eigenvalue weighted by molar-refractivity contribution is 0.186. The minimum atomic E-state index is -0.764. The van der Waals surface area contributed by atoms with Gasteiger partial charge in [-0.1, -0.05) is 6.07 Å². The summed E-state index contributed by atoms with van der Waals surface area (Å²) in [6.07, 6.45) is 1.59. The SMILES string of the molecule is NCC(O)c1ccc(SC2CC2)c(F)c1. The molecule has 1 aliphatic rings. The molecule has 0 amide bonds. The summed E-state index contributed by atoms with van der Waals surface area (Å²) in [5, 5.41) is 10.0. The number of hydrogen-bond acceptors (Lipinski definition) is 3. The molecule has 15 heavy (non-hydrogen) atoms. The van der Waals surface area contributed by atoms with Crippen molar-refractivity contribution in [3.63, 3.8) is 0 Å². The monoisotopic (exact) mass is 227 g/mol. The fourth-order valence-corrected chi connectivity index (χ4v) is 2.37. The highest BCUT2D eigenvalue weighted by atomic mass is 32.2. The van der Waals surface area contributed by atoms with Gasteiger partial charge in [0.05, 0.1) is 6.10 Å². The fraction of sp³-hybridized carbons (Fsp3) is 0.455. The Bertz CT molecular complexity index is 354. The van der Waals surface area contributed by atoms with E-state index in [0.717, 1.165) is 0 Å². The van der Waals surface area contributed by atoms with Gasteiger partial charge in [-0.2, -0.15) is 0 Å². The summed E-state index contributed by atoms with van der Waals surface area (Å²) in [7, 11) is 0. The van der Waals surface area contributed by atoms with E-state index in [1.807, 2.05) is 0 Å². The summed E-state index contributed by atoms with van der Waals surface area (Å²) >= 11 is 1.58. The third-order valence-electron chi connectivity index (χ3n) is 2.38. The first kappa shape index (κ1) is 10.9. The lowest BCUT2D eigenvalue weighted by atomic mass is 10.1. The van der Waals surface area contributed by atoms with Crippen molar-refractivity contribution in [1.29, 1.82) is 0 Å². The summed E-state index contributed by atoms with van der Waals surface area (Å²) in [4.78, 5) is 0.672. The molecule has 0 saturated heterocycles. The van der Waals surface area contributed by atoms with Crippen LogP contribution in [0.25, 0.3) is 0 Å². The van der Waals surface area contributed by atoms with Gasteiger partial charge in [-0.15, -0.1) is 11.8 Å². The molecule has 1 fully saturated rings. The van der Waals surface area contributed by atoms with E-state index in [0.29, 0.717) is 15.7 Å². The Balaban J connectivity index is 2.13. The van der Waals surface area contributed by atoms with Crippen LogP contribution in [0.4, 0.5) is 4.39 Å². The second-order valence-electron chi connectivity index (χ2n) is 3.76. The molecule has 1 saturated carbocycles. The zero-order chi connectivity index (χ0) is 10.8. The van der Waals surface area contributed by atoms with Gasteiger partial charge in [-0.25, -0.2) is 4.39 Å². The molecule has 1 aromatic rings. The van der Waals surface area contributed by atoms with Crippen LogP contribution in [0.1, 0.15) is 24.5 Å². The maximum absolute atomic E-state index is 13.6. The van der Waals surface area contributed by atoms with Crippen molar-refractivity contribution in [2.45, 2.75) is 29.1 Å². The molecular formula is C11H14FNOS. The van der Waals surface area contributed by atoms with Crippen LogP contribution < -0.4 is 5.73 Å². The van der Waals surface area contributed by atoms with Gasteiger partial charge < -0.3 is 10.8 Å². The van der Waals surface area contributed by atoms with E-state index < -0.39 is 6.10 Å². The number of thioether (sulfide) groups is 1. The molecule has 0 aliphatic heterocycles. The maximum Gasteiger partial charge on any atom is 0.137 e. The van der Waals surface area contributed by atoms with Crippen LogP contribution in [0.5, 0.6) is 0 Å². The van der Waals surface area contributed by atoms with Crippen molar-refractivity contribution in [2.24, 2.45) is 5.73 Å². The van der Waals surface area contributed by atoms with E-state index in [1.54, 1.807) is 23.9 Å². The Kier molecular flexibility index (Phi) is 3.29. The van der Waals surface area contributed by atoms with E-state index in [-0.39, 0.29) is 12.4 Å². The number of aliphatic hydroxyl groups is 1. The summed E-state index contributed by atoms with van der Waals surface area (Å²) in [5.74, 6) is -0.253. The topological polar surface area (TPSA) is 46.2 Å². The molecule has 1 atom stereocenters. The Morgan fingerprint density at radius 1 is 1.53 bits per heavy atom. The zero-order valence-electron chi connectivity index (χ0n) is 8.32. The Labute approximate surface area is 92.7 Å². The second-order valence-corrected chi connectivity index (χ2v) is 5.10. The van der Waals surface area contributed by atoms with Gasteiger partial charge in [-0.05, 0) is 30.5 Å². The highest BCUT2D eigenvalue weighted by molar-refractivity contribution is 8.00. The molecule has 0 heterocycles. The van der Waals surface area contributed by atoms with E-state index in [2.05, 4.69) is 0 Å². The van der Waals surface area contributed by atoms with Gasteiger partial charge in [0, 0.05) is 16.7 Å². The largest absolute Gasteiger partial charge is 0.387 e. The van der Waals surface area contributed by atoms with Gasteiger partial charge in [0.25, 0.3) is 0 Å². The highest BCUT2D eigenvalue weighted by Crippen LogP contribution is 2.40. The molecule has 2 rings (SSSR count). The molecule has 0 bridgehead atoms. The molecule has 0 aromatic heterocycles. The van der Waals surface area contributed by atoms with Crippen molar-refractivity contribution in [3.05, 3.63) is 29.6 Å². The highest BCUT2D eigenvalue weighted by Gasteiger charge is 2.24. The van der Waals surface area contributed by atoms with Crippen LogP contribution in [0.15, 0.2) is 23.1 Å². The summed E-state index contributed by atoms with van der Waals surface area (Å²) < 4.78 is 13.6. The van der Waals surface area contributed by atoms with E-state index >= 15 is 0 Å². The Morgan fingerprint density at radius 2 is 2.27 bits per heavy atom. The van der Waals surface area contributed by atoms with E-state index in [9.17, 15) is 9.50 Å². The summed E-state index contributed by atoms with van der Waals surface area (Å²) in [6.45, 7) is 0.120. The van der Waals surface area contributed by atoms with Crippen molar-refractivity contribution in [3.8, 4) is 0 Å². The van der Waals surface area contributed by atoms with E-state index in [1.165, 1.54) is 18.9 Å². The van der Waals surface area contributed by atoms with Crippen LogP contribution in [-0.4, -0.2) is 16.9 Å². The predicted molar refractivity (Wildman–Crippen MR) is 59.3 cm³/mol. The van der Waals surface area contributed by atoms with Crippen LogP contribution in [0, 0.1) is 5.82 Å². The van der Waals surface area contributed by atoms with Gasteiger partial charge >= 0.3 is 0 Å². The van der Waals surface area contributed by atoms with Crippen LogP contribution in [0.2, 0.25) is 0 Å². The molecule has 1 aromatic carbocycles. The van der Waals surface area contributed by atoms with Crippen LogP contribution in [-0.2, 0) is 0 Å². The van der Waals surface area contributed by atoms with Crippen LogP contribution in [0.3, 0.4) is 0 Å². The number of rotatable bonds is 4. The molecule has 3 N–H and O–H groups in total. The molecule has 1 unspecified atom stereocenters. The predicted octanol–water partition coefficient (Wildman–Crippen LogP) is 2.07. The normalized spacial score (nSPS) is 17.8. The molecule has 2 nitrogen and oxygen atoms in total. The average molecular weight is 227 g/mol. The third-order valence-corrected chi connectivity index (χ3v) is 3.77. The summed E-state index contributed by atoms with van der Waals surface area (Å²) in [6, 6.07) is 4.85. The molecule has 0 spiro atoms. The molecule has 0 radical (unpaired) electrons. The first-order valence-electron chi connectivity index (χ1n) is 5.05. The van der Waals surface area contributed by atoms with Crippen molar-refractivity contribution in [1.82, 2.24) is 0 Å². The number of aliphatic hydroxyl groups excluding tert-OH is 1. The number of benzene rings is 1. The zero-order valence-corrected chi connectivity index (χ0v) is 9.14. The number of nitrogens with two attached hydrogens (primary N) is 1. The minimum absolute atomic E-state index is 0.120. The first-order valence-corrected chi connectivity index (χ1v) is 5.93. The van der Waals surface area contributed by atoms with Crippen molar-refractivity contribution >= 4 is 11.8 Å². The number of halogens is 1. The molecular weight excluding hydrogens is 213 g/mol. The standard InChI is InChI=1S/C11H14FNOS/c12-9-5-7(10(14)6-13)1-4-11(9)15-8-2-3-8/h1,4-5,8,10,14H,2-3,6,13H2. The van der Waals surface area contributed by atoms with Crippen molar-refractivity contribution in [2.75, 3.05) is 6.54 Å². The fourth-order valence-electron chi connectivity index (χ4n) is 1.32. The number of hydrogen-bond donors (Lipinski definition) is 2. The first-order chi connectivity index (χ1) is 7.20. The minimum Gasteiger partial charge on any atom is -0.387 e. The smallest absolute Gasteiger partial charge is 0.137 e. The third kappa shape index (κ3) is 2.71.